The fraction of sp³-hybridized carbons (Fsp3) is 0.185. The number of benzene rings is 2. The van der Waals surface area contributed by atoms with E-state index in [9.17, 15) is 0 Å². The van der Waals surface area contributed by atoms with Crippen molar-refractivity contribution in [1.82, 2.24) is 4.57 Å². The Labute approximate surface area is 169 Å². The smallest absolute Gasteiger partial charge is 0.0541 e. The van der Waals surface area contributed by atoms with Crippen molar-refractivity contribution in [3.63, 3.8) is 0 Å². The molecule has 0 saturated heterocycles. The standard InChI is InChI=1S/C19H15N.C6H8.C2H6/c1-3-9-15(10-4-1)20-18-13-6-2-5-11-16(18)17-12-7-8-14-19(17)20;1-2-4-6-5-3-1;1-2/h1,3-14H,2H2;1-4H,5-6H2;1-2H3. The van der Waals surface area contributed by atoms with Crippen molar-refractivity contribution in [2.75, 3.05) is 0 Å². The fourth-order valence-electron chi connectivity index (χ4n) is 3.47. The topological polar surface area (TPSA) is 4.93 Å². The van der Waals surface area contributed by atoms with Gasteiger partial charge in [0, 0.05) is 16.6 Å². The third-order valence-electron chi connectivity index (χ3n) is 4.68. The van der Waals surface area contributed by atoms with Gasteiger partial charge < -0.3 is 4.57 Å². The average molecular weight is 368 g/mol. The van der Waals surface area contributed by atoms with Crippen LogP contribution in [-0.2, 0) is 0 Å². The molecule has 2 aliphatic rings. The fourth-order valence-corrected chi connectivity index (χ4v) is 3.47. The summed E-state index contributed by atoms with van der Waals surface area (Å²) in [6, 6.07) is 19.2. The largest absolute Gasteiger partial charge is 0.309 e. The SMILES string of the molecule is C1=CCCC=C1.C1=Cc2c(n(-c3ccccc3)c3ccccc23)C=CC1.CC. The van der Waals surface area contributed by atoms with Crippen LogP contribution in [0.15, 0.2) is 91.1 Å². The lowest BCUT2D eigenvalue weighted by atomic mass is 10.1. The monoisotopic (exact) mass is 367 g/mol. The molecule has 0 amide bonds. The maximum absolute atomic E-state index is 2.34. The lowest BCUT2D eigenvalue weighted by Crippen LogP contribution is -1.96. The zero-order valence-corrected chi connectivity index (χ0v) is 16.9. The molecule has 2 aromatic carbocycles. The van der Waals surface area contributed by atoms with Gasteiger partial charge in [-0.25, -0.2) is 0 Å². The predicted molar refractivity (Wildman–Crippen MR) is 125 cm³/mol. The van der Waals surface area contributed by atoms with E-state index >= 15 is 0 Å². The number of fused-ring (bicyclic) bond motifs is 3. The van der Waals surface area contributed by atoms with Crippen molar-refractivity contribution in [2.45, 2.75) is 33.1 Å². The molecule has 0 bridgehead atoms. The van der Waals surface area contributed by atoms with Crippen molar-refractivity contribution in [2.24, 2.45) is 0 Å². The molecular formula is C27H29N. The van der Waals surface area contributed by atoms with Crippen molar-refractivity contribution < 1.29 is 0 Å². The maximum atomic E-state index is 2.34. The summed E-state index contributed by atoms with van der Waals surface area (Å²) in [6.45, 7) is 4.00. The van der Waals surface area contributed by atoms with Gasteiger partial charge >= 0.3 is 0 Å². The molecule has 5 rings (SSSR count). The van der Waals surface area contributed by atoms with Crippen LogP contribution in [0, 0.1) is 0 Å². The summed E-state index contributed by atoms with van der Waals surface area (Å²) in [4.78, 5) is 0. The second-order valence-electron chi connectivity index (χ2n) is 6.46. The van der Waals surface area contributed by atoms with Gasteiger partial charge in [-0.15, -0.1) is 0 Å². The Hall–Kier alpha value is -3.06. The first-order valence-corrected chi connectivity index (χ1v) is 10.3. The number of hydrogen-bond acceptors (Lipinski definition) is 0. The van der Waals surface area contributed by atoms with Crippen LogP contribution in [0.3, 0.4) is 0 Å². The molecule has 3 aromatic rings. The van der Waals surface area contributed by atoms with E-state index < -0.39 is 0 Å². The molecule has 142 valence electrons. The Kier molecular flexibility index (Phi) is 7.26. The molecule has 1 heteroatoms. The number of hydrogen-bond donors (Lipinski definition) is 0. The van der Waals surface area contributed by atoms with Crippen LogP contribution in [0.2, 0.25) is 0 Å². The second-order valence-corrected chi connectivity index (χ2v) is 6.46. The van der Waals surface area contributed by atoms with Crippen LogP contribution in [0.4, 0.5) is 0 Å². The summed E-state index contributed by atoms with van der Waals surface area (Å²) in [7, 11) is 0. The highest BCUT2D eigenvalue weighted by Gasteiger charge is 2.14. The number of para-hydroxylation sites is 2. The highest BCUT2D eigenvalue weighted by atomic mass is 15.0. The molecule has 1 heterocycles. The van der Waals surface area contributed by atoms with Crippen LogP contribution in [0.25, 0.3) is 28.7 Å². The highest BCUT2D eigenvalue weighted by molar-refractivity contribution is 5.95. The Morgan fingerprint density at radius 1 is 0.679 bits per heavy atom. The third kappa shape index (κ3) is 4.43. The van der Waals surface area contributed by atoms with Crippen molar-refractivity contribution in [3.05, 3.63) is 102 Å². The molecule has 0 spiro atoms. The van der Waals surface area contributed by atoms with E-state index in [4.69, 9.17) is 0 Å². The quantitative estimate of drug-likeness (QED) is 0.411. The zero-order valence-electron chi connectivity index (χ0n) is 16.9. The molecular weight excluding hydrogens is 338 g/mol. The van der Waals surface area contributed by atoms with Crippen LogP contribution in [0.5, 0.6) is 0 Å². The molecule has 0 unspecified atom stereocenters. The van der Waals surface area contributed by atoms with Gasteiger partial charge in [0.05, 0.1) is 11.2 Å². The molecule has 0 radical (unpaired) electrons. The lowest BCUT2D eigenvalue weighted by Gasteiger charge is -2.08. The molecule has 0 saturated carbocycles. The molecule has 0 aliphatic heterocycles. The molecule has 1 nitrogen and oxygen atoms in total. The van der Waals surface area contributed by atoms with Gasteiger partial charge in [-0.2, -0.15) is 0 Å². The highest BCUT2D eigenvalue weighted by Crippen LogP contribution is 2.32. The van der Waals surface area contributed by atoms with Crippen molar-refractivity contribution in [3.8, 4) is 5.69 Å². The second kappa shape index (κ2) is 10.3. The van der Waals surface area contributed by atoms with Crippen LogP contribution in [0.1, 0.15) is 44.4 Å². The van der Waals surface area contributed by atoms with E-state index in [-0.39, 0.29) is 0 Å². The minimum atomic E-state index is 0.998. The number of allylic oxidation sites excluding steroid dienone is 6. The van der Waals surface area contributed by atoms with Crippen LogP contribution < -0.4 is 0 Å². The first-order valence-electron chi connectivity index (χ1n) is 10.3. The van der Waals surface area contributed by atoms with Gasteiger partial charge in [0.25, 0.3) is 0 Å². The summed E-state index contributed by atoms with van der Waals surface area (Å²) in [5.41, 5.74) is 5.06. The summed E-state index contributed by atoms with van der Waals surface area (Å²) in [5, 5.41) is 1.31. The Bertz CT molecular complexity index is 985. The lowest BCUT2D eigenvalue weighted by molar-refractivity contribution is 1.04. The van der Waals surface area contributed by atoms with E-state index in [2.05, 4.69) is 108 Å². The van der Waals surface area contributed by atoms with E-state index in [1.54, 1.807) is 0 Å². The Balaban J connectivity index is 0.000000239. The minimum absolute atomic E-state index is 0.998. The van der Waals surface area contributed by atoms with Crippen molar-refractivity contribution >= 4 is 23.1 Å². The molecule has 28 heavy (non-hydrogen) atoms. The van der Waals surface area contributed by atoms with Gasteiger partial charge in [0.1, 0.15) is 0 Å². The predicted octanol–water partition coefficient (Wildman–Crippen LogP) is 7.98. The summed E-state index contributed by atoms with van der Waals surface area (Å²) in [6.07, 6.45) is 20.9. The van der Waals surface area contributed by atoms with E-state index in [1.807, 2.05) is 13.8 Å². The van der Waals surface area contributed by atoms with Gasteiger partial charge in [-0.3, -0.25) is 0 Å². The molecule has 2 aliphatic carbocycles. The zero-order chi connectivity index (χ0) is 19.6. The minimum Gasteiger partial charge on any atom is -0.309 e. The van der Waals surface area contributed by atoms with Crippen molar-refractivity contribution in [1.29, 1.82) is 0 Å². The number of aromatic nitrogens is 1. The molecule has 1 aromatic heterocycles. The molecule has 0 atom stereocenters. The van der Waals surface area contributed by atoms with Gasteiger partial charge in [-0.1, -0.05) is 92.8 Å². The van der Waals surface area contributed by atoms with Gasteiger partial charge in [0.2, 0.25) is 0 Å². The number of rotatable bonds is 1. The van der Waals surface area contributed by atoms with Gasteiger partial charge in [0.15, 0.2) is 0 Å². The number of nitrogens with zero attached hydrogens (tertiary/aromatic N) is 1. The van der Waals surface area contributed by atoms with E-state index in [1.165, 1.54) is 40.7 Å². The maximum Gasteiger partial charge on any atom is 0.0541 e. The first kappa shape index (κ1) is 19.7. The molecule has 0 N–H and O–H groups in total. The van der Waals surface area contributed by atoms with Gasteiger partial charge in [-0.05, 0) is 43.5 Å². The third-order valence-corrected chi connectivity index (χ3v) is 4.68. The first-order chi connectivity index (χ1) is 13.9. The van der Waals surface area contributed by atoms with E-state index in [0.29, 0.717) is 0 Å². The summed E-state index contributed by atoms with van der Waals surface area (Å²) >= 11 is 0. The molecule has 0 fully saturated rings. The van der Waals surface area contributed by atoms with Crippen LogP contribution >= 0.6 is 0 Å². The average Bonchev–Trinajstić information content (AvgIpc) is 2.92. The Morgan fingerprint density at radius 3 is 2.00 bits per heavy atom. The Morgan fingerprint density at radius 2 is 1.32 bits per heavy atom. The normalized spacial score (nSPS) is 13.8. The summed E-state index contributed by atoms with van der Waals surface area (Å²) in [5.74, 6) is 0. The van der Waals surface area contributed by atoms with Crippen LogP contribution in [-0.4, -0.2) is 4.57 Å². The summed E-state index contributed by atoms with van der Waals surface area (Å²) < 4.78 is 2.34. The van der Waals surface area contributed by atoms with E-state index in [0.717, 1.165) is 6.42 Å².